The van der Waals surface area contributed by atoms with Crippen LogP contribution in [0.25, 0.3) is 0 Å². The fourth-order valence-corrected chi connectivity index (χ4v) is 1.55. The maximum Gasteiger partial charge on any atom is 0.100 e. The van der Waals surface area contributed by atoms with Crippen LogP contribution in [0, 0.1) is 0 Å². The zero-order valence-corrected chi connectivity index (χ0v) is 5.72. The second-order valence-electron chi connectivity index (χ2n) is 2.80. The third-order valence-corrected chi connectivity index (χ3v) is 1.97. The standard InChI is InChI=1S/C8H10O/c1-5-3-7-4-6(2)8(5)9-7/h3-4,7-8H,1-2H3. The second-order valence-corrected chi connectivity index (χ2v) is 2.80. The first-order valence-corrected chi connectivity index (χ1v) is 3.29. The first-order valence-electron chi connectivity index (χ1n) is 3.29. The Morgan fingerprint density at radius 2 is 1.78 bits per heavy atom. The number of hydrogen-bond acceptors (Lipinski definition) is 1. The Labute approximate surface area is 55.0 Å². The third kappa shape index (κ3) is 0.583. The number of fused-ring (bicyclic) bond motifs is 2. The molecule has 0 N–H and O–H groups in total. The summed E-state index contributed by atoms with van der Waals surface area (Å²) >= 11 is 0. The van der Waals surface area contributed by atoms with Crippen molar-refractivity contribution in [2.75, 3.05) is 0 Å². The zero-order valence-electron chi connectivity index (χ0n) is 5.72. The number of hydrogen-bond donors (Lipinski definition) is 0. The smallest absolute Gasteiger partial charge is 0.100 e. The van der Waals surface area contributed by atoms with Gasteiger partial charge in [-0.2, -0.15) is 0 Å². The van der Waals surface area contributed by atoms with E-state index in [0.29, 0.717) is 12.2 Å². The van der Waals surface area contributed by atoms with Crippen molar-refractivity contribution in [3.05, 3.63) is 23.3 Å². The van der Waals surface area contributed by atoms with Gasteiger partial charge >= 0.3 is 0 Å². The van der Waals surface area contributed by atoms with Crippen molar-refractivity contribution >= 4 is 0 Å². The van der Waals surface area contributed by atoms with Gasteiger partial charge in [0.2, 0.25) is 0 Å². The molecular weight excluding hydrogens is 112 g/mol. The predicted octanol–water partition coefficient (Wildman–Crippen LogP) is 1.66. The van der Waals surface area contributed by atoms with E-state index in [4.69, 9.17) is 4.74 Å². The van der Waals surface area contributed by atoms with Gasteiger partial charge in [0.1, 0.15) is 6.10 Å². The van der Waals surface area contributed by atoms with Gasteiger partial charge < -0.3 is 4.74 Å². The lowest BCUT2D eigenvalue weighted by molar-refractivity contribution is 0.127. The van der Waals surface area contributed by atoms with Gasteiger partial charge in [-0.1, -0.05) is 12.2 Å². The predicted molar refractivity (Wildman–Crippen MR) is 36.2 cm³/mol. The molecule has 0 aromatic carbocycles. The summed E-state index contributed by atoms with van der Waals surface area (Å²) < 4.78 is 5.51. The quantitative estimate of drug-likeness (QED) is 0.444. The van der Waals surface area contributed by atoms with Gasteiger partial charge in [0.15, 0.2) is 0 Å². The third-order valence-electron chi connectivity index (χ3n) is 1.97. The van der Waals surface area contributed by atoms with Gasteiger partial charge in [-0.05, 0) is 25.0 Å². The molecule has 2 heterocycles. The van der Waals surface area contributed by atoms with Crippen molar-refractivity contribution in [3.63, 3.8) is 0 Å². The molecule has 1 nitrogen and oxygen atoms in total. The molecule has 2 aliphatic rings. The van der Waals surface area contributed by atoms with Crippen LogP contribution in [-0.2, 0) is 4.74 Å². The number of ether oxygens (including phenoxy) is 1. The minimum Gasteiger partial charge on any atom is -0.358 e. The lowest BCUT2D eigenvalue weighted by atomic mass is 10.0. The SMILES string of the molecule is CC1=CC2C=C(C)C1O2. The van der Waals surface area contributed by atoms with Crippen molar-refractivity contribution < 1.29 is 4.74 Å². The van der Waals surface area contributed by atoms with Crippen molar-refractivity contribution in [1.29, 1.82) is 0 Å². The topological polar surface area (TPSA) is 9.23 Å². The van der Waals surface area contributed by atoms with E-state index in [0.717, 1.165) is 0 Å². The van der Waals surface area contributed by atoms with Gasteiger partial charge in [0.05, 0.1) is 6.10 Å². The van der Waals surface area contributed by atoms with Crippen LogP contribution in [0.5, 0.6) is 0 Å². The molecule has 2 bridgehead atoms. The Morgan fingerprint density at radius 1 is 1.22 bits per heavy atom. The van der Waals surface area contributed by atoms with Crippen molar-refractivity contribution in [1.82, 2.24) is 0 Å². The Hall–Kier alpha value is -0.560. The van der Waals surface area contributed by atoms with Crippen LogP contribution in [0.1, 0.15) is 13.8 Å². The van der Waals surface area contributed by atoms with E-state index in [2.05, 4.69) is 26.0 Å². The molecule has 0 aromatic rings. The molecule has 0 radical (unpaired) electrons. The van der Waals surface area contributed by atoms with Crippen LogP contribution < -0.4 is 0 Å². The van der Waals surface area contributed by atoms with Crippen LogP contribution in [-0.4, -0.2) is 12.2 Å². The molecule has 0 saturated heterocycles. The van der Waals surface area contributed by atoms with Crippen LogP contribution >= 0.6 is 0 Å². The zero-order chi connectivity index (χ0) is 6.43. The molecule has 0 saturated carbocycles. The van der Waals surface area contributed by atoms with Gasteiger partial charge in [-0.3, -0.25) is 0 Å². The van der Waals surface area contributed by atoms with Crippen molar-refractivity contribution in [2.45, 2.75) is 26.1 Å². The van der Waals surface area contributed by atoms with E-state index >= 15 is 0 Å². The van der Waals surface area contributed by atoms with Crippen LogP contribution in [0.3, 0.4) is 0 Å². The van der Waals surface area contributed by atoms with Crippen molar-refractivity contribution in [3.8, 4) is 0 Å². The summed E-state index contributed by atoms with van der Waals surface area (Å²) in [4.78, 5) is 0. The lowest BCUT2D eigenvalue weighted by Crippen LogP contribution is -2.05. The first-order chi connectivity index (χ1) is 4.27. The van der Waals surface area contributed by atoms with E-state index in [-0.39, 0.29) is 0 Å². The second kappa shape index (κ2) is 1.48. The molecule has 0 unspecified atom stereocenters. The van der Waals surface area contributed by atoms with E-state index in [1.54, 1.807) is 0 Å². The van der Waals surface area contributed by atoms with Gasteiger partial charge in [-0.15, -0.1) is 0 Å². The molecule has 0 spiro atoms. The summed E-state index contributed by atoms with van der Waals surface area (Å²) in [6.07, 6.45) is 4.99. The molecule has 0 atom stereocenters. The molecule has 2 rings (SSSR count). The van der Waals surface area contributed by atoms with Gasteiger partial charge in [-0.25, -0.2) is 0 Å². The fourth-order valence-electron chi connectivity index (χ4n) is 1.55. The molecule has 0 amide bonds. The van der Waals surface area contributed by atoms with Crippen LogP contribution in [0.2, 0.25) is 0 Å². The summed E-state index contributed by atoms with van der Waals surface area (Å²) in [5.74, 6) is 0. The average Bonchev–Trinajstić information content (AvgIpc) is 2.22. The molecule has 1 heteroatoms. The summed E-state index contributed by atoms with van der Waals surface area (Å²) in [5, 5.41) is 0. The van der Waals surface area contributed by atoms with Gasteiger partial charge in [0, 0.05) is 0 Å². The summed E-state index contributed by atoms with van der Waals surface area (Å²) in [5.41, 5.74) is 2.75. The molecule has 0 aliphatic carbocycles. The van der Waals surface area contributed by atoms with E-state index < -0.39 is 0 Å². The Kier molecular flexibility index (Phi) is 0.862. The largest absolute Gasteiger partial charge is 0.358 e. The highest BCUT2D eigenvalue weighted by atomic mass is 16.5. The van der Waals surface area contributed by atoms with E-state index in [9.17, 15) is 0 Å². The molecule has 48 valence electrons. The summed E-state index contributed by atoms with van der Waals surface area (Å²) in [7, 11) is 0. The summed E-state index contributed by atoms with van der Waals surface area (Å²) in [6.45, 7) is 4.25. The average molecular weight is 122 g/mol. The Balaban J connectivity index is 2.36. The Morgan fingerprint density at radius 3 is 2.00 bits per heavy atom. The maximum absolute atomic E-state index is 5.51. The minimum atomic E-state index is 0.301. The van der Waals surface area contributed by atoms with E-state index in [1.807, 2.05) is 0 Å². The molecule has 0 fully saturated rings. The molecule has 0 aromatic heterocycles. The lowest BCUT2D eigenvalue weighted by Gasteiger charge is -2.06. The minimum absolute atomic E-state index is 0.301. The van der Waals surface area contributed by atoms with Gasteiger partial charge in [0.25, 0.3) is 0 Å². The van der Waals surface area contributed by atoms with Crippen molar-refractivity contribution in [2.24, 2.45) is 0 Å². The normalized spacial score (nSPS) is 38.9. The molecular formula is C8H10O. The monoisotopic (exact) mass is 122 g/mol. The fraction of sp³-hybridized carbons (Fsp3) is 0.500. The first kappa shape index (κ1) is 5.24. The highest BCUT2D eigenvalue weighted by Crippen LogP contribution is 2.32. The Bertz CT molecular complexity index is 181. The van der Waals surface area contributed by atoms with Crippen LogP contribution in [0.4, 0.5) is 0 Å². The van der Waals surface area contributed by atoms with E-state index in [1.165, 1.54) is 11.1 Å². The highest BCUT2D eigenvalue weighted by Gasteiger charge is 2.30. The number of rotatable bonds is 0. The molecule has 2 aliphatic heterocycles. The van der Waals surface area contributed by atoms with Crippen LogP contribution in [0.15, 0.2) is 23.3 Å². The summed E-state index contributed by atoms with van der Waals surface area (Å²) in [6, 6.07) is 0. The maximum atomic E-state index is 5.51. The molecule has 9 heavy (non-hydrogen) atoms. The highest BCUT2D eigenvalue weighted by molar-refractivity contribution is 5.35.